The van der Waals surface area contributed by atoms with Gasteiger partial charge in [0.1, 0.15) is 11.1 Å². The molecule has 6 nitrogen and oxygen atoms in total. The molecule has 0 saturated heterocycles. The van der Waals surface area contributed by atoms with E-state index in [2.05, 4.69) is 4.98 Å². The summed E-state index contributed by atoms with van der Waals surface area (Å²) < 4.78 is 0. The lowest BCUT2D eigenvalue weighted by molar-refractivity contribution is -0.388. The standard InChI is InChI=1S/C11H11ClN2O4S/c12-7-4-13-5-8(14(17)18)10(7)19-6-11(1-2-11)3-9(15)16/h4-5H,1-3,6H2,(H,15,16). The van der Waals surface area contributed by atoms with E-state index >= 15 is 0 Å². The fourth-order valence-corrected chi connectivity index (χ4v) is 3.40. The fraction of sp³-hybridized carbons (Fsp3) is 0.455. The molecule has 0 unspecified atom stereocenters. The lowest BCUT2D eigenvalue weighted by Gasteiger charge is -2.12. The third-order valence-corrected chi connectivity index (χ3v) is 4.91. The second-order valence-corrected chi connectivity index (χ2v) is 5.98. The minimum atomic E-state index is -0.839. The summed E-state index contributed by atoms with van der Waals surface area (Å²) in [6.07, 6.45) is 4.28. The van der Waals surface area contributed by atoms with Gasteiger partial charge in [-0.1, -0.05) is 11.6 Å². The van der Waals surface area contributed by atoms with Crippen molar-refractivity contribution in [3.63, 3.8) is 0 Å². The van der Waals surface area contributed by atoms with Gasteiger partial charge in [-0.2, -0.15) is 0 Å². The zero-order valence-electron chi connectivity index (χ0n) is 9.84. The molecular formula is C11H11ClN2O4S. The van der Waals surface area contributed by atoms with E-state index in [4.69, 9.17) is 16.7 Å². The molecule has 1 saturated carbocycles. The summed E-state index contributed by atoms with van der Waals surface area (Å²) in [7, 11) is 0. The van der Waals surface area contributed by atoms with Gasteiger partial charge in [0.25, 0.3) is 0 Å². The quantitative estimate of drug-likeness (QED) is 0.493. The van der Waals surface area contributed by atoms with Crippen molar-refractivity contribution in [1.29, 1.82) is 0 Å². The number of nitro groups is 1. The van der Waals surface area contributed by atoms with E-state index in [1.807, 2.05) is 0 Å². The lowest BCUT2D eigenvalue weighted by atomic mass is 10.1. The second kappa shape index (κ2) is 5.34. The van der Waals surface area contributed by atoms with Crippen LogP contribution < -0.4 is 0 Å². The van der Waals surface area contributed by atoms with Gasteiger partial charge in [-0.3, -0.25) is 19.9 Å². The smallest absolute Gasteiger partial charge is 0.303 e. The number of nitrogens with zero attached hydrogens (tertiary/aromatic N) is 2. The average Bonchev–Trinajstić information content (AvgIpc) is 3.06. The maximum Gasteiger partial charge on any atom is 0.303 e. The van der Waals surface area contributed by atoms with Crippen LogP contribution in [0.25, 0.3) is 0 Å². The molecule has 2 rings (SSSR count). The van der Waals surface area contributed by atoms with Crippen molar-refractivity contribution in [3.05, 3.63) is 27.5 Å². The first-order chi connectivity index (χ1) is 8.93. The number of carbonyl (C=O) groups is 1. The Morgan fingerprint density at radius 2 is 2.26 bits per heavy atom. The van der Waals surface area contributed by atoms with Crippen molar-refractivity contribution in [1.82, 2.24) is 4.98 Å². The highest BCUT2D eigenvalue weighted by Crippen LogP contribution is 2.53. The molecule has 19 heavy (non-hydrogen) atoms. The molecule has 1 aliphatic rings. The predicted octanol–water partition coefficient (Wildman–Crippen LogP) is 2.99. The third-order valence-electron chi connectivity index (χ3n) is 3.04. The van der Waals surface area contributed by atoms with Crippen molar-refractivity contribution in [2.45, 2.75) is 24.2 Å². The van der Waals surface area contributed by atoms with E-state index < -0.39 is 10.9 Å². The molecular weight excluding hydrogens is 292 g/mol. The highest BCUT2D eigenvalue weighted by Gasteiger charge is 2.44. The van der Waals surface area contributed by atoms with Crippen LogP contribution >= 0.6 is 23.4 Å². The van der Waals surface area contributed by atoms with Gasteiger partial charge in [0.15, 0.2) is 0 Å². The molecule has 0 radical (unpaired) electrons. The van der Waals surface area contributed by atoms with Crippen LogP contribution in [-0.4, -0.2) is 26.7 Å². The van der Waals surface area contributed by atoms with E-state index in [0.717, 1.165) is 19.0 Å². The Kier molecular flexibility index (Phi) is 3.96. The highest BCUT2D eigenvalue weighted by atomic mass is 35.5. The van der Waals surface area contributed by atoms with Crippen LogP contribution in [0.2, 0.25) is 5.02 Å². The van der Waals surface area contributed by atoms with E-state index in [0.29, 0.717) is 10.6 Å². The van der Waals surface area contributed by atoms with E-state index in [1.165, 1.54) is 18.0 Å². The number of rotatable bonds is 6. The van der Waals surface area contributed by atoms with E-state index in [-0.39, 0.29) is 22.5 Å². The molecule has 1 fully saturated rings. The highest BCUT2D eigenvalue weighted by molar-refractivity contribution is 7.99. The first kappa shape index (κ1) is 14.1. The predicted molar refractivity (Wildman–Crippen MR) is 70.5 cm³/mol. The van der Waals surface area contributed by atoms with Gasteiger partial charge in [0, 0.05) is 11.9 Å². The first-order valence-electron chi connectivity index (χ1n) is 5.56. The minimum Gasteiger partial charge on any atom is -0.481 e. The van der Waals surface area contributed by atoms with Gasteiger partial charge in [0.05, 0.1) is 16.4 Å². The lowest BCUT2D eigenvalue weighted by Crippen LogP contribution is -2.11. The van der Waals surface area contributed by atoms with Crippen LogP contribution in [0.5, 0.6) is 0 Å². The second-order valence-electron chi connectivity index (χ2n) is 4.59. The van der Waals surface area contributed by atoms with Crippen molar-refractivity contribution in [2.24, 2.45) is 5.41 Å². The summed E-state index contributed by atoms with van der Waals surface area (Å²) in [4.78, 5) is 25.2. The molecule has 0 spiro atoms. The molecule has 1 aromatic rings. The van der Waals surface area contributed by atoms with Gasteiger partial charge >= 0.3 is 11.7 Å². The number of carboxylic acids is 1. The number of halogens is 1. The summed E-state index contributed by atoms with van der Waals surface area (Å²) in [5.41, 5.74) is -0.375. The third kappa shape index (κ3) is 3.36. The van der Waals surface area contributed by atoms with Gasteiger partial charge in [0.2, 0.25) is 0 Å². The molecule has 1 N–H and O–H groups in total. The molecule has 1 aliphatic carbocycles. The zero-order chi connectivity index (χ0) is 14.0. The van der Waals surface area contributed by atoms with Crippen molar-refractivity contribution >= 4 is 35.0 Å². The summed E-state index contributed by atoms with van der Waals surface area (Å²) in [6.45, 7) is 0. The number of aromatic nitrogens is 1. The summed E-state index contributed by atoms with van der Waals surface area (Å²) in [5.74, 6) is -0.322. The van der Waals surface area contributed by atoms with E-state index in [9.17, 15) is 14.9 Å². The number of pyridine rings is 1. The average molecular weight is 303 g/mol. The molecule has 0 aromatic carbocycles. The Labute approximate surface area is 118 Å². The zero-order valence-corrected chi connectivity index (χ0v) is 11.4. The van der Waals surface area contributed by atoms with Gasteiger partial charge in [-0.15, -0.1) is 11.8 Å². The number of hydrogen-bond donors (Lipinski definition) is 1. The first-order valence-corrected chi connectivity index (χ1v) is 6.92. The van der Waals surface area contributed by atoms with Crippen LogP contribution in [0.15, 0.2) is 17.3 Å². The molecule has 0 atom stereocenters. The van der Waals surface area contributed by atoms with Crippen molar-refractivity contribution < 1.29 is 14.8 Å². The Morgan fingerprint density at radius 1 is 1.58 bits per heavy atom. The van der Waals surface area contributed by atoms with Crippen LogP contribution in [0, 0.1) is 15.5 Å². The molecule has 1 heterocycles. The Hall–Kier alpha value is -1.34. The molecule has 0 aliphatic heterocycles. The van der Waals surface area contributed by atoms with Crippen LogP contribution in [-0.2, 0) is 4.79 Å². The molecule has 0 amide bonds. The maximum atomic E-state index is 10.9. The summed E-state index contributed by atoms with van der Waals surface area (Å²) in [6, 6.07) is 0. The fourth-order valence-electron chi connectivity index (χ4n) is 1.78. The normalized spacial score (nSPS) is 16.1. The molecule has 8 heteroatoms. The van der Waals surface area contributed by atoms with E-state index in [1.54, 1.807) is 0 Å². The molecule has 1 aromatic heterocycles. The van der Waals surface area contributed by atoms with Crippen molar-refractivity contribution in [2.75, 3.05) is 5.75 Å². The SMILES string of the molecule is O=C(O)CC1(CSc2c(Cl)cncc2[N+](=O)[O-])CC1. The monoisotopic (exact) mass is 302 g/mol. The number of thioether (sulfide) groups is 1. The Bertz CT molecular complexity index is 533. The Balaban J connectivity index is 2.12. The number of aliphatic carboxylic acids is 1. The molecule has 102 valence electrons. The van der Waals surface area contributed by atoms with Gasteiger partial charge in [-0.25, -0.2) is 0 Å². The maximum absolute atomic E-state index is 10.9. The van der Waals surface area contributed by atoms with Gasteiger partial charge < -0.3 is 5.11 Å². The number of carboxylic acid groups (broad SMARTS) is 1. The van der Waals surface area contributed by atoms with Crippen molar-refractivity contribution in [3.8, 4) is 0 Å². The van der Waals surface area contributed by atoms with Gasteiger partial charge in [-0.05, 0) is 18.3 Å². The largest absolute Gasteiger partial charge is 0.481 e. The summed E-state index contributed by atoms with van der Waals surface area (Å²) >= 11 is 7.16. The molecule has 0 bridgehead atoms. The number of hydrogen-bond acceptors (Lipinski definition) is 5. The van der Waals surface area contributed by atoms with Crippen LogP contribution in [0.1, 0.15) is 19.3 Å². The van der Waals surface area contributed by atoms with Crippen LogP contribution in [0.4, 0.5) is 5.69 Å². The summed E-state index contributed by atoms with van der Waals surface area (Å²) in [5, 5.41) is 19.9. The minimum absolute atomic E-state index is 0.0938. The topological polar surface area (TPSA) is 93.3 Å². The van der Waals surface area contributed by atoms with Crippen LogP contribution in [0.3, 0.4) is 0 Å². The Morgan fingerprint density at radius 3 is 2.79 bits per heavy atom.